The molecule has 0 atom stereocenters. The highest BCUT2D eigenvalue weighted by Gasteiger charge is 2.10. The zero-order valence-corrected chi connectivity index (χ0v) is 9.18. The summed E-state index contributed by atoms with van der Waals surface area (Å²) in [7, 11) is 0. The molecule has 1 aromatic rings. The Kier molecular flexibility index (Phi) is 3.02. The molecule has 0 aliphatic rings. The van der Waals surface area contributed by atoms with Crippen LogP contribution in [0, 0.1) is 13.8 Å². The van der Waals surface area contributed by atoms with Crippen LogP contribution in [0.25, 0.3) is 0 Å². The summed E-state index contributed by atoms with van der Waals surface area (Å²) in [5.74, 6) is 0.474. The first-order valence-corrected chi connectivity index (χ1v) is 4.90. The molecule has 2 nitrogen and oxygen atoms in total. The highest BCUT2D eigenvalue weighted by atomic mass is 14.8. The molecule has 0 aromatic carbocycles. The third kappa shape index (κ3) is 2.06. The highest BCUT2D eigenvalue weighted by molar-refractivity contribution is 5.21. The summed E-state index contributed by atoms with van der Waals surface area (Å²) < 4.78 is 0. The van der Waals surface area contributed by atoms with Gasteiger partial charge in [-0.2, -0.15) is 0 Å². The van der Waals surface area contributed by atoms with Crippen molar-refractivity contribution >= 4 is 0 Å². The standard InChI is InChI=1S/C11H18N2/c1-6-10-11(7(2)3)13-9(5)8(4)12-10/h7H,6H2,1-5H3. The third-order valence-electron chi connectivity index (χ3n) is 2.29. The Morgan fingerprint density at radius 3 is 2.08 bits per heavy atom. The lowest BCUT2D eigenvalue weighted by atomic mass is 10.1. The normalized spacial score (nSPS) is 10.9. The molecule has 1 rings (SSSR count). The van der Waals surface area contributed by atoms with Gasteiger partial charge in [-0.15, -0.1) is 0 Å². The fourth-order valence-electron chi connectivity index (χ4n) is 1.39. The smallest absolute Gasteiger partial charge is 0.0647 e. The maximum Gasteiger partial charge on any atom is 0.0647 e. The molecular formula is C11H18N2. The second kappa shape index (κ2) is 3.86. The van der Waals surface area contributed by atoms with Crippen molar-refractivity contribution in [1.82, 2.24) is 9.97 Å². The van der Waals surface area contributed by atoms with Gasteiger partial charge >= 0.3 is 0 Å². The Morgan fingerprint density at radius 1 is 1.08 bits per heavy atom. The molecule has 0 N–H and O–H groups in total. The van der Waals surface area contributed by atoms with Gasteiger partial charge in [0.2, 0.25) is 0 Å². The molecule has 0 saturated carbocycles. The Hall–Kier alpha value is -0.920. The summed E-state index contributed by atoms with van der Waals surface area (Å²) in [4.78, 5) is 9.13. The van der Waals surface area contributed by atoms with Crippen LogP contribution in [0.5, 0.6) is 0 Å². The summed E-state index contributed by atoms with van der Waals surface area (Å²) in [5.41, 5.74) is 4.42. The van der Waals surface area contributed by atoms with Gasteiger partial charge in [-0.3, -0.25) is 9.97 Å². The van der Waals surface area contributed by atoms with Crippen molar-refractivity contribution in [2.24, 2.45) is 0 Å². The average Bonchev–Trinajstić information content (AvgIpc) is 2.08. The number of rotatable bonds is 2. The van der Waals surface area contributed by atoms with Crippen LogP contribution in [0.2, 0.25) is 0 Å². The molecule has 1 aromatic heterocycles. The Bertz CT molecular complexity index is 303. The van der Waals surface area contributed by atoms with Crippen LogP contribution in [0.3, 0.4) is 0 Å². The van der Waals surface area contributed by atoms with Gasteiger partial charge in [0.15, 0.2) is 0 Å². The largest absolute Gasteiger partial charge is 0.254 e. The first-order chi connectivity index (χ1) is 6.06. The predicted molar refractivity (Wildman–Crippen MR) is 55.0 cm³/mol. The van der Waals surface area contributed by atoms with Gasteiger partial charge in [-0.25, -0.2) is 0 Å². The lowest BCUT2D eigenvalue weighted by Crippen LogP contribution is -2.06. The highest BCUT2D eigenvalue weighted by Crippen LogP contribution is 2.17. The molecule has 0 amide bonds. The minimum atomic E-state index is 0.474. The maximum absolute atomic E-state index is 4.58. The van der Waals surface area contributed by atoms with Crippen molar-refractivity contribution in [2.75, 3.05) is 0 Å². The van der Waals surface area contributed by atoms with Crippen LogP contribution in [0.1, 0.15) is 49.5 Å². The van der Waals surface area contributed by atoms with E-state index in [4.69, 9.17) is 0 Å². The molecule has 0 radical (unpaired) electrons. The molecule has 13 heavy (non-hydrogen) atoms. The summed E-state index contributed by atoms with van der Waals surface area (Å²) in [6.07, 6.45) is 0.974. The molecular weight excluding hydrogens is 160 g/mol. The molecule has 0 bridgehead atoms. The Labute approximate surface area is 80.4 Å². The molecule has 0 saturated heterocycles. The topological polar surface area (TPSA) is 25.8 Å². The Morgan fingerprint density at radius 2 is 1.62 bits per heavy atom. The minimum Gasteiger partial charge on any atom is -0.254 e. The van der Waals surface area contributed by atoms with Crippen molar-refractivity contribution in [3.63, 3.8) is 0 Å². The van der Waals surface area contributed by atoms with E-state index in [1.165, 1.54) is 0 Å². The third-order valence-corrected chi connectivity index (χ3v) is 2.29. The molecule has 0 unspecified atom stereocenters. The van der Waals surface area contributed by atoms with E-state index in [1.807, 2.05) is 13.8 Å². The van der Waals surface area contributed by atoms with Crippen molar-refractivity contribution < 1.29 is 0 Å². The van der Waals surface area contributed by atoms with Gasteiger partial charge in [0.05, 0.1) is 22.8 Å². The average molecular weight is 178 g/mol. The summed E-state index contributed by atoms with van der Waals surface area (Å²) >= 11 is 0. The van der Waals surface area contributed by atoms with E-state index in [0.717, 1.165) is 29.2 Å². The first-order valence-electron chi connectivity index (χ1n) is 4.90. The van der Waals surface area contributed by atoms with E-state index in [-0.39, 0.29) is 0 Å². The second-order valence-corrected chi connectivity index (χ2v) is 3.73. The lowest BCUT2D eigenvalue weighted by Gasteiger charge is -2.11. The van der Waals surface area contributed by atoms with E-state index >= 15 is 0 Å². The van der Waals surface area contributed by atoms with Crippen LogP contribution in [0.15, 0.2) is 0 Å². The zero-order chi connectivity index (χ0) is 10.0. The quantitative estimate of drug-likeness (QED) is 0.696. The molecule has 0 fully saturated rings. The zero-order valence-electron chi connectivity index (χ0n) is 9.18. The molecule has 2 heteroatoms. The number of aromatic nitrogens is 2. The van der Waals surface area contributed by atoms with Crippen molar-refractivity contribution in [3.8, 4) is 0 Å². The summed E-state index contributed by atoms with van der Waals surface area (Å²) in [6.45, 7) is 10.5. The number of hydrogen-bond acceptors (Lipinski definition) is 2. The predicted octanol–water partition coefficient (Wildman–Crippen LogP) is 2.78. The molecule has 0 spiro atoms. The van der Waals surface area contributed by atoms with Crippen molar-refractivity contribution in [2.45, 2.75) is 47.0 Å². The molecule has 0 aliphatic heterocycles. The van der Waals surface area contributed by atoms with Gasteiger partial charge in [-0.1, -0.05) is 20.8 Å². The van der Waals surface area contributed by atoms with Gasteiger partial charge in [0.1, 0.15) is 0 Å². The van der Waals surface area contributed by atoms with E-state index in [1.54, 1.807) is 0 Å². The molecule has 0 aliphatic carbocycles. The van der Waals surface area contributed by atoms with E-state index in [9.17, 15) is 0 Å². The Balaban J connectivity index is 3.25. The lowest BCUT2D eigenvalue weighted by molar-refractivity contribution is 0.762. The van der Waals surface area contributed by atoms with Gasteiger partial charge in [0, 0.05) is 0 Å². The van der Waals surface area contributed by atoms with Crippen molar-refractivity contribution in [1.29, 1.82) is 0 Å². The number of aryl methyl sites for hydroxylation is 3. The van der Waals surface area contributed by atoms with Crippen molar-refractivity contribution in [3.05, 3.63) is 22.8 Å². The fraction of sp³-hybridized carbons (Fsp3) is 0.636. The van der Waals surface area contributed by atoms with Gasteiger partial charge < -0.3 is 0 Å². The van der Waals surface area contributed by atoms with E-state index in [2.05, 4.69) is 30.7 Å². The SMILES string of the molecule is CCc1nc(C)c(C)nc1C(C)C. The number of nitrogens with zero attached hydrogens (tertiary/aromatic N) is 2. The van der Waals surface area contributed by atoms with Crippen LogP contribution in [0.4, 0.5) is 0 Å². The summed E-state index contributed by atoms with van der Waals surface area (Å²) in [6, 6.07) is 0. The number of hydrogen-bond donors (Lipinski definition) is 0. The van der Waals surface area contributed by atoms with Crippen LogP contribution in [-0.4, -0.2) is 9.97 Å². The monoisotopic (exact) mass is 178 g/mol. The van der Waals surface area contributed by atoms with Crippen LogP contribution < -0.4 is 0 Å². The van der Waals surface area contributed by atoms with Crippen LogP contribution in [-0.2, 0) is 6.42 Å². The second-order valence-electron chi connectivity index (χ2n) is 3.73. The molecule has 1 heterocycles. The minimum absolute atomic E-state index is 0.474. The van der Waals surface area contributed by atoms with E-state index in [0.29, 0.717) is 5.92 Å². The maximum atomic E-state index is 4.58. The van der Waals surface area contributed by atoms with Gasteiger partial charge in [-0.05, 0) is 26.2 Å². The van der Waals surface area contributed by atoms with E-state index < -0.39 is 0 Å². The van der Waals surface area contributed by atoms with Gasteiger partial charge in [0.25, 0.3) is 0 Å². The first kappa shape index (κ1) is 10.2. The summed E-state index contributed by atoms with van der Waals surface area (Å²) in [5, 5.41) is 0. The molecule has 72 valence electrons. The fourth-order valence-corrected chi connectivity index (χ4v) is 1.39. The van der Waals surface area contributed by atoms with Crippen LogP contribution >= 0.6 is 0 Å².